The molecule has 0 aliphatic carbocycles. The Morgan fingerprint density at radius 1 is 1.35 bits per heavy atom. The van der Waals surface area contributed by atoms with Gasteiger partial charge in [-0.15, -0.1) is 0 Å². The van der Waals surface area contributed by atoms with E-state index >= 15 is 0 Å². The third kappa shape index (κ3) is 3.83. The summed E-state index contributed by atoms with van der Waals surface area (Å²) in [7, 11) is 0. The minimum atomic E-state index is -0.893. The van der Waals surface area contributed by atoms with Gasteiger partial charge in [0.1, 0.15) is 5.69 Å². The molecule has 2 aromatic heterocycles. The molecule has 23 heavy (non-hydrogen) atoms. The van der Waals surface area contributed by atoms with Crippen molar-refractivity contribution in [3.63, 3.8) is 0 Å². The molecular weight excluding hydrogens is 334 g/mol. The number of halogens is 1. The van der Waals surface area contributed by atoms with Crippen molar-refractivity contribution in [2.75, 3.05) is 5.75 Å². The van der Waals surface area contributed by atoms with E-state index in [1.807, 2.05) is 18.2 Å². The fraction of sp³-hybridized carbons (Fsp3) is 0.0625. The number of carboxylic acids is 1. The SMILES string of the molecule is O=C(O)CSc1nc2cc(C#Cc3ccccn3)c(Cl)cc2[nH]1. The van der Waals surface area contributed by atoms with Gasteiger partial charge in [-0.25, -0.2) is 9.97 Å². The normalized spacial score (nSPS) is 10.3. The molecule has 3 rings (SSSR count). The molecule has 1 aromatic carbocycles. The van der Waals surface area contributed by atoms with Crippen LogP contribution in [0.15, 0.2) is 41.7 Å². The van der Waals surface area contributed by atoms with E-state index in [-0.39, 0.29) is 5.75 Å². The fourth-order valence-electron chi connectivity index (χ4n) is 1.87. The molecule has 0 unspecified atom stereocenters. The number of fused-ring (bicyclic) bond motifs is 1. The van der Waals surface area contributed by atoms with Gasteiger partial charge in [0, 0.05) is 11.8 Å². The second-order valence-electron chi connectivity index (χ2n) is 4.54. The van der Waals surface area contributed by atoms with E-state index in [1.54, 1.807) is 18.3 Å². The molecule has 0 atom stereocenters. The van der Waals surface area contributed by atoms with E-state index in [1.165, 1.54) is 0 Å². The Hall–Kier alpha value is -2.49. The summed E-state index contributed by atoms with van der Waals surface area (Å²) >= 11 is 7.36. The summed E-state index contributed by atoms with van der Waals surface area (Å²) in [5.41, 5.74) is 2.73. The molecule has 7 heteroatoms. The Bertz CT molecular complexity index is 929. The lowest BCUT2D eigenvalue weighted by Crippen LogP contribution is -1.97. The van der Waals surface area contributed by atoms with Crippen LogP contribution in [0.1, 0.15) is 11.3 Å². The first-order valence-electron chi connectivity index (χ1n) is 6.59. The van der Waals surface area contributed by atoms with Crippen LogP contribution in [0.3, 0.4) is 0 Å². The Kier molecular flexibility index (Phi) is 4.51. The average Bonchev–Trinajstić information content (AvgIpc) is 2.93. The molecule has 0 aliphatic heterocycles. The molecule has 0 fully saturated rings. The molecule has 0 amide bonds. The molecule has 0 saturated heterocycles. The third-order valence-corrected chi connectivity index (χ3v) is 4.04. The van der Waals surface area contributed by atoms with Crippen LogP contribution in [0.2, 0.25) is 5.02 Å². The number of aromatic nitrogens is 3. The molecular formula is C16H10ClN3O2S. The predicted octanol–water partition coefficient (Wildman–Crippen LogP) is 3.19. The summed E-state index contributed by atoms with van der Waals surface area (Å²) in [6.45, 7) is 0. The molecule has 0 aliphatic rings. The van der Waals surface area contributed by atoms with E-state index in [4.69, 9.17) is 16.7 Å². The number of H-pyrrole nitrogens is 1. The van der Waals surface area contributed by atoms with Gasteiger partial charge in [0.2, 0.25) is 0 Å². The molecule has 2 N–H and O–H groups in total. The molecule has 0 radical (unpaired) electrons. The minimum absolute atomic E-state index is 0.0557. The highest BCUT2D eigenvalue weighted by Gasteiger charge is 2.08. The summed E-state index contributed by atoms with van der Waals surface area (Å²) in [4.78, 5) is 22.1. The Morgan fingerprint density at radius 3 is 2.96 bits per heavy atom. The second-order valence-corrected chi connectivity index (χ2v) is 5.91. The fourth-order valence-corrected chi connectivity index (χ4v) is 2.69. The van der Waals surface area contributed by atoms with Gasteiger partial charge in [-0.2, -0.15) is 0 Å². The molecule has 3 aromatic rings. The molecule has 0 saturated carbocycles. The second kappa shape index (κ2) is 6.73. The Labute approximate surface area is 141 Å². The van der Waals surface area contributed by atoms with Gasteiger partial charge >= 0.3 is 5.97 Å². The lowest BCUT2D eigenvalue weighted by Gasteiger charge is -1.95. The van der Waals surface area contributed by atoms with Gasteiger partial charge in [-0.05, 0) is 30.2 Å². The van der Waals surface area contributed by atoms with Crippen LogP contribution in [-0.2, 0) is 4.79 Å². The van der Waals surface area contributed by atoms with Crippen LogP contribution in [0.25, 0.3) is 11.0 Å². The highest BCUT2D eigenvalue weighted by molar-refractivity contribution is 7.99. The molecule has 2 heterocycles. The third-order valence-electron chi connectivity index (χ3n) is 2.87. The number of aliphatic carboxylic acids is 1. The van der Waals surface area contributed by atoms with E-state index in [2.05, 4.69) is 26.8 Å². The van der Waals surface area contributed by atoms with Gasteiger partial charge in [0.05, 0.1) is 21.8 Å². The summed E-state index contributed by atoms with van der Waals surface area (Å²) in [6, 6.07) is 9.01. The number of nitrogens with zero attached hydrogens (tertiary/aromatic N) is 2. The van der Waals surface area contributed by atoms with Gasteiger partial charge in [0.25, 0.3) is 0 Å². The van der Waals surface area contributed by atoms with Crippen molar-refractivity contribution in [3.8, 4) is 11.8 Å². The van der Waals surface area contributed by atoms with Crippen LogP contribution in [0.4, 0.5) is 0 Å². The van der Waals surface area contributed by atoms with Crippen molar-refractivity contribution >= 4 is 40.4 Å². The zero-order valence-corrected chi connectivity index (χ0v) is 13.3. The first-order chi connectivity index (χ1) is 11.1. The predicted molar refractivity (Wildman–Crippen MR) is 89.7 cm³/mol. The van der Waals surface area contributed by atoms with Crippen LogP contribution in [0, 0.1) is 11.8 Å². The van der Waals surface area contributed by atoms with Gasteiger partial charge < -0.3 is 10.1 Å². The number of pyridine rings is 1. The monoisotopic (exact) mass is 343 g/mol. The van der Waals surface area contributed by atoms with Crippen LogP contribution < -0.4 is 0 Å². The Balaban J connectivity index is 1.91. The zero-order valence-electron chi connectivity index (χ0n) is 11.7. The highest BCUT2D eigenvalue weighted by atomic mass is 35.5. The summed E-state index contributed by atoms with van der Waals surface area (Å²) in [5.74, 6) is 4.98. The van der Waals surface area contributed by atoms with Crippen molar-refractivity contribution in [3.05, 3.63) is 52.8 Å². The summed E-state index contributed by atoms with van der Waals surface area (Å²) < 4.78 is 0. The first kappa shape index (κ1) is 15.4. The van der Waals surface area contributed by atoms with Gasteiger partial charge in [0.15, 0.2) is 5.16 Å². The number of imidazole rings is 1. The zero-order chi connectivity index (χ0) is 16.2. The number of carboxylic acid groups (broad SMARTS) is 1. The molecule has 5 nitrogen and oxygen atoms in total. The van der Waals surface area contributed by atoms with E-state index in [0.717, 1.165) is 17.3 Å². The van der Waals surface area contributed by atoms with Crippen LogP contribution in [-0.4, -0.2) is 31.8 Å². The number of hydrogen-bond acceptors (Lipinski definition) is 4. The van der Waals surface area contributed by atoms with Crippen molar-refractivity contribution in [2.45, 2.75) is 5.16 Å². The summed E-state index contributed by atoms with van der Waals surface area (Å²) in [6.07, 6.45) is 1.68. The maximum atomic E-state index is 10.6. The van der Waals surface area contributed by atoms with Crippen molar-refractivity contribution in [1.29, 1.82) is 0 Å². The Morgan fingerprint density at radius 2 is 2.22 bits per heavy atom. The molecule has 114 valence electrons. The van der Waals surface area contributed by atoms with Crippen molar-refractivity contribution < 1.29 is 9.90 Å². The first-order valence-corrected chi connectivity index (χ1v) is 7.95. The number of nitrogens with one attached hydrogen (secondary N) is 1. The van der Waals surface area contributed by atoms with Crippen molar-refractivity contribution in [2.24, 2.45) is 0 Å². The smallest absolute Gasteiger partial charge is 0.313 e. The summed E-state index contributed by atoms with van der Waals surface area (Å²) in [5, 5.41) is 9.74. The maximum Gasteiger partial charge on any atom is 0.313 e. The highest BCUT2D eigenvalue weighted by Crippen LogP contribution is 2.25. The number of rotatable bonds is 3. The number of benzene rings is 1. The molecule has 0 bridgehead atoms. The van der Waals surface area contributed by atoms with E-state index < -0.39 is 5.97 Å². The number of hydrogen-bond donors (Lipinski definition) is 2. The van der Waals surface area contributed by atoms with Crippen LogP contribution in [0.5, 0.6) is 0 Å². The average molecular weight is 344 g/mol. The van der Waals surface area contributed by atoms with E-state index in [0.29, 0.717) is 27.0 Å². The van der Waals surface area contributed by atoms with Gasteiger partial charge in [-0.3, -0.25) is 4.79 Å². The molecule has 0 spiro atoms. The minimum Gasteiger partial charge on any atom is -0.481 e. The lowest BCUT2D eigenvalue weighted by atomic mass is 10.2. The van der Waals surface area contributed by atoms with Crippen molar-refractivity contribution in [1.82, 2.24) is 15.0 Å². The quantitative estimate of drug-likeness (QED) is 0.564. The van der Waals surface area contributed by atoms with Crippen LogP contribution >= 0.6 is 23.4 Å². The standard InChI is InChI=1S/C16H10ClN3O2S/c17-12-8-14-13(19-16(20-14)23-9-15(21)22)7-10(12)4-5-11-3-1-2-6-18-11/h1-3,6-8H,9H2,(H,19,20)(H,21,22). The lowest BCUT2D eigenvalue weighted by molar-refractivity contribution is -0.133. The van der Waals surface area contributed by atoms with E-state index in [9.17, 15) is 4.79 Å². The van der Waals surface area contributed by atoms with Gasteiger partial charge in [-0.1, -0.05) is 35.3 Å². The number of aromatic amines is 1. The maximum absolute atomic E-state index is 10.6. The number of thioether (sulfide) groups is 1. The topological polar surface area (TPSA) is 78.9 Å². The largest absolute Gasteiger partial charge is 0.481 e. The number of carbonyl (C=O) groups is 1.